The first kappa shape index (κ1) is 10.9. The molecule has 0 fully saturated rings. The number of ketones is 1. The van der Waals surface area contributed by atoms with E-state index in [1.54, 1.807) is 13.8 Å². The van der Waals surface area contributed by atoms with Crippen molar-refractivity contribution in [2.45, 2.75) is 20.8 Å². The normalized spacial score (nSPS) is 9.67. The second-order valence-corrected chi connectivity index (χ2v) is 2.90. The van der Waals surface area contributed by atoms with Crippen molar-refractivity contribution in [3.63, 3.8) is 0 Å². The Morgan fingerprint density at radius 1 is 1.42 bits per heavy atom. The Morgan fingerprint density at radius 3 is 2.25 bits per heavy atom. The molecule has 0 aliphatic rings. The Morgan fingerprint density at radius 2 is 1.92 bits per heavy atom. The van der Waals surface area contributed by atoms with Crippen molar-refractivity contribution in [2.75, 3.05) is 6.61 Å². The minimum absolute atomic E-state index is 0.00630. The molecule has 0 bridgehead atoms. The van der Waals surface area contributed by atoms with Gasteiger partial charge in [-0.3, -0.25) is 9.59 Å². The molecule has 0 rings (SSSR count). The van der Waals surface area contributed by atoms with E-state index < -0.39 is 5.97 Å². The summed E-state index contributed by atoms with van der Waals surface area (Å²) >= 11 is 0. The van der Waals surface area contributed by atoms with Gasteiger partial charge in [-0.2, -0.15) is 0 Å². The summed E-state index contributed by atoms with van der Waals surface area (Å²) in [6, 6.07) is 0. The van der Waals surface area contributed by atoms with E-state index in [4.69, 9.17) is 0 Å². The predicted molar refractivity (Wildman–Crippen MR) is 45.6 cm³/mol. The van der Waals surface area contributed by atoms with E-state index >= 15 is 0 Å². The maximum atomic E-state index is 11.2. The number of esters is 1. The molecule has 0 radical (unpaired) electrons. The average molecular weight is 170 g/mol. The molecule has 0 atom stereocenters. The third-order valence-electron chi connectivity index (χ3n) is 1.32. The van der Waals surface area contributed by atoms with Gasteiger partial charge in [-0.05, 0) is 0 Å². The molecule has 12 heavy (non-hydrogen) atoms. The summed E-state index contributed by atoms with van der Waals surface area (Å²) in [5, 5.41) is 0. The quantitative estimate of drug-likeness (QED) is 0.472. The lowest BCUT2D eigenvalue weighted by molar-refractivity contribution is -0.140. The second kappa shape index (κ2) is 4.70. The minimum atomic E-state index is -0.396. The molecule has 0 saturated heterocycles. The van der Waals surface area contributed by atoms with E-state index in [1.807, 2.05) is 0 Å². The van der Waals surface area contributed by atoms with Crippen LogP contribution in [0.4, 0.5) is 0 Å². The van der Waals surface area contributed by atoms with Gasteiger partial charge in [0.05, 0.1) is 0 Å². The van der Waals surface area contributed by atoms with Crippen LogP contribution in [0, 0.1) is 5.92 Å². The van der Waals surface area contributed by atoms with Crippen molar-refractivity contribution in [3.05, 3.63) is 12.2 Å². The van der Waals surface area contributed by atoms with Crippen LogP contribution in [0.2, 0.25) is 0 Å². The molecular formula is C9H14O3. The topological polar surface area (TPSA) is 43.4 Å². The molecule has 3 heteroatoms. The van der Waals surface area contributed by atoms with Gasteiger partial charge in [0.2, 0.25) is 0 Å². The van der Waals surface area contributed by atoms with Crippen LogP contribution < -0.4 is 0 Å². The van der Waals surface area contributed by atoms with Crippen LogP contribution in [0.15, 0.2) is 12.2 Å². The van der Waals surface area contributed by atoms with E-state index in [1.165, 1.54) is 6.92 Å². The SMILES string of the molecule is C=C(COC(C)=O)C(=O)C(C)C. The monoisotopic (exact) mass is 170 g/mol. The fraction of sp³-hybridized carbons (Fsp3) is 0.556. The number of carbonyl (C=O) groups is 2. The standard InChI is InChI=1S/C9H14O3/c1-6(2)9(11)7(3)5-12-8(4)10/h6H,3,5H2,1-2,4H3. The van der Waals surface area contributed by atoms with Crippen LogP contribution in [-0.4, -0.2) is 18.4 Å². The number of ether oxygens (including phenoxy) is 1. The zero-order valence-electron chi connectivity index (χ0n) is 7.72. The van der Waals surface area contributed by atoms with Crippen LogP contribution in [0.25, 0.3) is 0 Å². The van der Waals surface area contributed by atoms with E-state index in [0.717, 1.165) is 0 Å². The first-order chi connectivity index (χ1) is 5.45. The molecule has 0 aliphatic carbocycles. The van der Waals surface area contributed by atoms with Gasteiger partial charge < -0.3 is 4.74 Å². The Labute approximate surface area is 72.4 Å². The highest BCUT2D eigenvalue weighted by Crippen LogP contribution is 2.03. The maximum Gasteiger partial charge on any atom is 0.302 e. The molecule has 0 spiro atoms. The van der Waals surface area contributed by atoms with Gasteiger partial charge in [0.25, 0.3) is 0 Å². The first-order valence-corrected chi connectivity index (χ1v) is 3.80. The molecule has 68 valence electrons. The number of hydrogen-bond acceptors (Lipinski definition) is 3. The molecule has 0 aromatic carbocycles. The lowest BCUT2D eigenvalue weighted by atomic mass is 10.0. The van der Waals surface area contributed by atoms with Crippen molar-refractivity contribution >= 4 is 11.8 Å². The number of Topliss-reactive ketones (excluding diaryl/α,β-unsaturated/α-hetero) is 1. The van der Waals surface area contributed by atoms with Crippen LogP contribution in [0.5, 0.6) is 0 Å². The van der Waals surface area contributed by atoms with Crippen molar-refractivity contribution in [1.82, 2.24) is 0 Å². The molecule has 0 aliphatic heterocycles. The Balaban J connectivity index is 3.89. The van der Waals surface area contributed by atoms with Crippen LogP contribution >= 0.6 is 0 Å². The van der Waals surface area contributed by atoms with Crippen molar-refractivity contribution in [2.24, 2.45) is 5.92 Å². The van der Waals surface area contributed by atoms with Crippen molar-refractivity contribution in [1.29, 1.82) is 0 Å². The number of rotatable bonds is 4. The zero-order chi connectivity index (χ0) is 9.72. The summed E-state index contributed by atoms with van der Waals surface area (Å²) in [5.74, 6) is -0.544. The highest BCUT2D eigenvalue weighted by molar-refractivity contribution is 5.96. The lowest BCUT2D eigenvalue weighted by Gasteiger charge is -2.06. The summed E-state index contributed by atoms with van der Waals surface area (Å²) in [6.45, 7) is 8.38. The predicted octanol–water partition coefficient (Wildman–Crippen LogP) is 1.33. The van der Waals surface area contributed by atoms with Gasteiger partial charge in [-0.25, -0.2) is 0 Å². The Hall–Kier alpha value is -1.12. The van der Waals surface area contributed by atoms with Crippen molar-refractivity contribution in [3.8, 4) is 0 Å². The molecular weight excluding hydrogens is 156 g/mol. The molecule has 0 N–H and O–H groups in total. The molecule has 0 aromatic heterocycles. The smallest absolute Gasteiger partial charge is 0.302 e. The van der Waals surface area contributed by atoms with Crippen molar-refractivity contribution < 1.29 is 14.3 Å². The summed E-state index contributed by atoms with van der Waals surface area (Å²) < 4.78 is 4.62. The second-order valence-electron chi connectivity index (χ2n) is 2.90. The number of carbonyl (C=O) groups excluding carboxylic acids is 2. The summed E-state index contributed by atoms with van der Waals surface area (Å²) in [6.07, 6.45) is 0. The lowest BCUT2D eigenvalue weighted by Crippen LogP contribution is -2.15. The maximum absolute atomic E-state index is 11.2. The number of hydrogen-bond donors (Lipinski definition) is 0. The molecule has 0 aromatic rings. The fourth-order valence-electron chi connectivity index (χ4n) is 0.668. The van der Waals surface area contributed by atoms with Crippen LogP contribution in [-0.2, 0) is 14.3 Å². The van der Waals surface area contributed by atoms with E-state index in [-0.39, 0.29) is 18.3 Å². The summed E-state index contributed by atoms with van der Waals surface area (Å²) in [5.41, 5.74) is 0.347. The highest BCUT2D eigenvalue weighted by Gasteiger charge is 2.11. The Bertz CT molecular complexity index is 204. The van der Waals surface area contributed by atoms with Gasteiger partial charge in [-0.15, -0.1) is 0 Å². The van der Waals surface area contributed by atoms with Gasteiger partial charge in [-0.1, -0.05) is 20.4 Å². The molecule has 3 nitrogen and oxygen atoms in total. The average Bonchev–Trinajstić information content (AvgIpc) is 1.98. The molecule has 0 amide bonds. The van der Waals surface area contributed by atoms with Gasteiger partial charge in [0.15, 0.2) is 5.78 Å². The van der Waals surface area contributed by atoms with Gasteiger partial charge in [0, 0.05) is 18.4 Å². The van der Waals surface area contributed by atoms with Crippen LogP contribution in [0.1, 0.15) is 20.8 Å². The Kier molecular flexibility index (Phi) is 4.26. The summed E-state index contributed by atoms with van der Waals surface area (Å²) in [7, 11) is 0. The highest BCUT2D eigenvalue weighted by atomic mass is 16.5. The molecule has 0 heterocycles. The largest absolute Gasteiger partial charge is 0.461 e. The first-order valence-electron chi connectivity index (χ1n) is 3.80. The summed E-state index contributed by atoms with van der Waals surface area (Å²) in [4.78, 5) is 21.5. The molecule has 0 saturated carbocycles. The van der Waals surface area contributed by atoms with E-state index in [2.05, 4.69) is 11.3 Å². The fourth-order valence-corrected chi connectivity index (χ4v) is 0.668. The van der Waals surface area contributed by atoms with Gasteiger partial charge in [0.1, 0.15) is 6.61 Å². The zero-order valence-corrected chi connectivity index (χ0v) is 7.72. The minimum Gasteiger partial charge on any atom is -0.461 e. The third-order valence-corrected chi connectivity index (χ3v) is 1.32. The van der Waals surface area contributed by atoms with Gasteiger partial charge >= 0.3 is 5.97 Å². The molecule has 0 unspecified atom stereocenters. The van der Waals surface area contributed by atoms with E-state index in [9.17, 15) is 9.59 Å². The van der Waals surface area contributed by atoms with E-state index in [0.29, 0.717) is 5.57 Å². The third kappa shape index (κ3) is 3.91. The van der Waals surface area contributed by atoms with Crippen LogP contribution in [0.3, 0.4) is 0 Å².